The predicted octanol–water partition coefficient (Wildman–Crippen LogP) is 2.83. The van der Waals surface area contributed by atoms with Gasteiger partial charge in [-0.3, -0.25) is 4.79 Å². The van der Waals surface area contributed by atoms with Crippen LogP contribution in [0, 0.1) is 5.82 Å². The van der Waals surface area contributed by atoms with Crippen molar-refractivity contribution in [1.29, 1.82) is 0 Å². The minimum absolute atomic E-state index is 0.143. The summed E-state index contributed by atoms with van der Waals surface area (Å²) in [6.45, 7) is 1.91. The molecule has 0 aliphatic rings. The van der Waals surface area contributed by atoms with Crippen molar-refractivity contribution in [3.05, 3.63) is 78.1 Å². The van der Waals surface area contributed by atoms with E-state index in [2.05, 4.69) is 15.4 Å². The molecule has 2 aromatic carbocycles. The molecule has 0 aliphatic heterocycles. The lowest BCUT2D eigenvalue weighted by Gasteiger charge is -2.15. The smallest absolute Gasteiger partial charge is 0.224 e. The number of rotatable bonds is 5. The van der Waals surface area contributed by atoms with E-state index in [4.69, 9.17) is 0 Å². The van der Waals surface area contributed by atoms with Gasteiger partial charge in [0.2, 0.25) is 5.91 Å². The van der Waals surface area contributed by atoms with Crippen molar-refractivity contribution in [3.8, 4) is 5.69 Å². The highest BCUT2D eigenvalue weighted by molar-refractivity contribution is 5.79. The topological polar surface area (TPSA) is 59.8 Å². The van der Waals surface area contributed by atoms with Gasteiger partial charge in [-0.15, -0.1) is 0 Å². The first-order valence-electron chi connectivity index (χ1n) is 7.60. The highest BCUT2D eigenvalue weighted by Gasteiger charge is 2.11. The number of amides is 1. The average molecular weight is 324 g/mol. The Morgan fingerprint density at radius 3 is 2.71 bits per heavy atom. The molecule has 3 aromatic rings. The first-order valence-corrected chi connectivity index (χ1v) is 7.60. The fourth-order valence-electron chi connectivity index (χ4n) is 2.47. The third kappa shape index (κ3) is 3.84. The molecule has 1 heterocycles. The second-order valence-corrected chi connectivity index (χ2v) is 5.53. The van der Waals surface area contributed by atoms with Crippen LogP contribution in [0.4, 0.5) is 4.39 Å². The normalized spacial score (nSPS) is 11.9. The average Bonchev–Trinajstić information content (AvgIpc) is 3.09. The first-order chi connectivity index (χ1) is 11.6. The van der Waals surface area contributed by atoms with Crippen molar-refractivity contribution in [1.82, 2.24) is 20.1 Å². The van der Waals surface area contributed by atoms with Crippen molar-refractivity contribution < 1.29 is 9.18 Å². The summed E-state index contributed by atoms with van der Waals surface area (Å²) in [7, 11) is 0. The summed E-state index contributed by atoms with van der Waals surface area (Å²) in [5.41, 5.74) is 2.53. The molecule has 5 nitrogen and oxygen atoms in total. The Labute approximate surface area is 139 Å². The Bertz CT molecular complexity index is 815. The molecular formula is C18H17FN4O. The lowest BCUT2D eigenvalue weighted by Crippen LogP contribution is -2.28. The second kappa shape index (κ2) is 7.04. The van der Waals surface area contributed by atoms with Crippen LogP contribution in [0.1, 0.15) is 24.1 Å². The SMILES string of the molecule is CC(NC(=O)Cc1cccc(F)c1)c1ccc(-n2cncn2)cc1. The van der Waals surface area contributed by atoms with Gasteiger partial charge < -0.3 is 5.32 Å². The van der Waals surface area contributed by atoms with E-state index in [1.54, 1.807) is 23.1 Å². The van der Waals surface area contributed by atoms with Gasteiger partial charge in [0.1, 0.15) is 18.5 Å². The number of nitrogens with one attached hydrogen (secondary N) is 1. The number of halogens is 1. The molecule has 3 rings (SSSR count). The van der Waals surface area contributed by atoms with E-state index < -0.39 is 0 Å². The third-order valence-electron chi connectivity index (χ3n) is 3.71. The van der Waals surface area contributed by atoms with Crippen molar-refractivity contribution in [2.75, 3.05) is 0 Å². The highest BCUT2D eigenvalue weighted by Crippen LogP contribution is 2.15. The molecule has 122 valence electrons. The lowest BCUT2D eigenvalue weighted by molar-refractivity contribution is -0.121. The summed E-state index contributed by atoms with van der Waals surface area (Å²) < 4.78 is 14.8. The largest absolute Gasteiger partial charge is 0.349 e. The maximum atomic E-state index is 13.2. The Kier molecular flexibility index (Phi) is 4.65. The quantitative estimate of drug-likeness (QED) is 0.785. The van der Waals surface area contributed by atoms with Crippen LogP contribution in [0.3, 0.4) is 0 Å². The highest BCUT2D eigenvalue weighted by atomic mass is 19.1. The van der Waals surface area contributed by atoms with Gasteiger partial charge >= 0.3 is 0 Å². The molecular weight excluding hydrogens is 307 g/mol. The number of hydrogen-bond acceptors (Lipinski definition) is 3. The van der Waals surface area contributed by atoms with Gasteiger partial charge in [-0.05, 0) is 42.3 Å². The van der Waals surface area contributed by atoms with Gasteiger partial charge in [-0.25, -0.2) is 14.1 Å². The van der Waals surface area contributed by atoms with E-state index in [1.165, 1.54) is 18.5 Å². The van der Waals surface area contributed by atoms with Gasteiger partial charge in [0.25, 0.3) is 0 Å². The first kappa shape index (κ1) is 15.9. The summed E-state index contributed by atoms with van der Waals surface area (Å²) >= 11 is 0. The zero-order valence-corrected chi connectivity index (χ0v) is 13.2. The van der Waals surface area contributed by atoms with Crippen molar-refractivity contribution in [3.63, 3.8) is 0 Å². The monoisotopic (exact) mass is 324 g/mol. The van der Waals surface area contributed by atoms with Crippen LogP contribution in [0.25, 0.3) is 5.69 Å². The lowest BCUT2D eigenvalue weighted by atomic mass is 10.1. The fraction of sp³-hybridized carbons (Fsp3) is 0.167. The molecule has 1 atom stereocenters. The summed E-state index contributed by atoms with van der Waals surface area (Å²) in [4.78, 5) is 16.0. The minimum Gasteiger partial charge on any atom is -0.349 e. The maximum Gasteiger partial charge on any atom is 0.224 e. The molecule has 0 saturated heterocycles. The number of benzene rings is 2. The summed E-state index contributed by atoms with van der Waals surface area (Å²) in [5.74, 6) is -0.481. The van der Waals surface area contributed by atoms with Crippen molar-refractivity contribution >= 4 is 5.91 Å². The number of hydrogen-bond donors (Lipinski definition) is 1. The van der Waals surface area contributed by atoms with E-state index in [0.29, 0.717) is 5.56 Å². The van der Waals surface area contributed by atoms with Crippen molar-refractivity contribution in [2.24, 2.45) is 0 Å². The Morgan fingerprint density at radius 2 is 2.04 bits per heavy atom. The molecule has 0 aliphatic carbocycles. The van der Waals surface area contributed by atoms with Crippen LogP contribution in [-0.4, -0.2) is 20.7 Å². The summed E-state index contributed by atoms with van der Waals surface area (Å²) in [5, 5.41) is 6.99. The van der Waals surface area contributed by atoms with Crippen LogP contribution < -0.4 is 5.32 Å². The van der Waals surface area contributed by atoms with E-state index >= 15 is 0 Å². The van der Waals surface area contributed by atoms with E-state index in [1.807, 2.05) is 31.2 Å². The molecule has 0 radical (unpaired) electrons. The number of aromatic nitrogens is 3. The van der Waals surface area contributed by atoms with Crippen LogP contribution in [0.2, 0.25) is 0 Å². The Balaban J connectivity index is 1.62. The maximum absolute atomic E-state index is 13.2. The van der Waals surface area contributed by atoms with Gasteiger partial charge in [0.15, 0.2) is 0 Å². The second-order valence-electron chi connectivity index (χ2n) is 5.53. The van der Waals surface area contributed by atoms with Gasteiger partial charge in [-0.1, -0.05) is 24.3 Å². The van der Waals surface area contributed by atoms with Gasteiger partial charge in [-0.2, -0.15) is 5.10 Å². The summed E-state index contributed by atoms with van der Waals surface area (Å²) in [6, 6.07) is 13.6. The van der Waals surface area contributed by atoms with Gasteiger partial charge in [0, 0.05) is 0 Å². The van der Waals surface area contributed by atoms with E-state index in [-0.39, 0.29) is 24.2 Å². The molecule has 0 bridgehead atoms. The number of carbonyl (C=O) groups excluding carboxylic acids is 1. The van der Waals surface area contributed by atoms with Crippen molar-refractivity contribution in [2.45, 2.75) is 19.4 Å². The Morgan fingerprint density at radius 1 is 1.25 bits per heavy atom. The minimum atomic E-state index is -0.336. The predicted molar refractivity (Wildman–Crippen MR) is 88.0 cm³/mol. The van der Waals surface area contributed by atoms with Crippen LogP contribution in [0.5, 0.6) is 0 Å². The molecule has 6 heteroatoms. The molecule has 1 aromatic heterocycles. The van der Waals surface area contributed by atoms with Crippen LogP contribution in [-0.2, 0) is 11.2 Å². The molecule has 24 heavy (non-hydrogen) atoms. The zero-order valence-electron chi connectivity index (χ0n) is 13.2. The zero-order chi connectivity index (χ0) is 16.9. The van der Waals surface area contributed by atoms with E-state index in [9.17, 15) is 9.18 Å². The third-order valence-corrected chi connectivity index (χ3v) is 3.71. The van der Waals surface area contributed by atoms with Gasteiger partial charge in [0.05, 0.1) is 18.2 Å². The molecule has 0 spiro atoms. The number of nitrogens with zero attached hydrogens (tertiary/aromatic N) is 3. The Hall–Kier alpha value is -3.02. The fourth-order valence-corrected chi connectivity index (χ4v) is 2.47. The molecule has 0 fully saturated rings. The standard InChI is InChI=1S/C18H17FN4O/c1-13(22-18(24)10-14-3-2-4-16(19)9-14)15-5-7-17(8-6-15)23-12-20-11-21-23/h2-9,11-13H,10H2,1H3,(H,22,24). The van der Waals surface area contributed by atoms with E-state index in [0.717, 1.165) is 11.3 Å². The van der Waals surface area contributed by atoms with Crippen LogP contribution >= 0.6 is 0 Å². The molecule has 0 saturated carbocycles. The van der Waals surface area contributed by atoms with Crippen LogP contribution in [0.15, 0.2) is 61.2 Å². The molecule has 1 unspecified atom stereocenters. The molecule has 1 amide bonds. The molecule has 1 N–H and O–H groups in total. The summed E-state index contributed by atoms with van der Waals surface area (Å²) in [6.07, 6.45) is 3.25. The number of carbonyl (C=O) groups is 1.